The number of benzene rings is 2. The number of carbonyl (C=O) groups excluding carboxylic acids is 1. The molecule has 8 nitrogen and oxygen atoms in total. The zero-order valence-corrected chi connectivity index (χ0v) is 19.0. The fraction of sp³-hybridized carbons (Fsp3) is 0.200. The van der Waals surface area contributed by atoms with Gasteiger partial charge in [0.1, 0.15) is 0 Å². The van der Waals surface area contributed by atoms with E-state index in [1.165, 1.54) is 0 Å². The van der Waals surface area contributed by atoms with Gasteiger partial charge in [-0.25, -0.2) is 9.38 Å². The first kappa shape index (κ1) is 20.7. The van der Waals surface area contributed by atoms with Gasteiger partial charge >= 0.3 is 0 Å². The molecule has 0 atom stereocenters. The van der Waals surface area contributed by atoms with Crippen LogP contribution in [0.25, 0.3) is 28.1 Å². The van der Waals surface area contributed by atoms with Crippen molar-refractivity contribution in [2.45, 2.75) is 6.42 Å². The number of furan rings is 1. The van der Waals surface area contributed by atoms with Crippen molar-refractivity contribution in [1.29, 1.82) is 0 Å². The molecule has 34 heavy (non-hydrogen) atoms. The lowest BCUT2D eigenvalue weighted by molar-refractivity contribution is -0.130. The van der Waals surface area contributed by atoms with E-state index >= 15 is 0 Å². The van der Waals surface area contributed by atoms with Crippen LogP contribution in [0.4, 0.5) is 5.95 Å². The molecule has 0 unspecified atom stereocenters. The zero-order valence-electron chi connectivity index (χ0n) is 18.3. The van der Waals surface area contributed by atoms with Gasteiger partial charge in [0, 0.05) is 36.6 Å². The van der Waals surface area contributed by atoms with E-state index < -0.39 is 0 Å². The molecule has 1 saturated heterocycles. The van der Waals surface area contributed by atoms with E-state index in [1.807, 2.05) is 70.0 Å². The molecular weight excluding hydrogens is 452 g/mol. The Labute approximate surface area is 200 Å². The Balaban J connectivity index is 1.34. The lowest BCUT2D eigenvalue weighted by Crippen LogP contribution is -2.50. The molecule has 0 saturated carbocycles. The minimum Gasteiger partial charge on any atom is -0.461 e. The van der Waals surface area contributed by atoms with E-state index in [9.17, 15) is 4.79 Å². The van der Waals surface area contributed by atoms with Gasteiger partial charge in [0.15, 0.2) is 11.4 Å². The number of hydrogen-bond donors (Lipinski definition) is 0. The van der Waals surface area contributed by atoms with E-state index in [4.69, 9.17) is 21.0 Å². The Bertz CT molecular complexity index is 1470. The largest absolute Gasteiger partial charge is 0.461 e. The summed E-state index contributed by atoms with van der Waals surface area (Å²) in [7, 11) is 0. The number of hydrogen-bond acceptors (Lipinski definition) is 6. The Hall–Kier alpha value is -3.91. The third-order valence-electron chi connectivity index (χ3n) is 6.14. The number of halogens is 1. The Morgan fingerprint density at radius 1 is 0.971 bits per heavy atom. The van der Waals surface area contributed by atoms with Crippen LogP contribution in [-0.4, -0.2) is 56.6 Å². The van der Waals surface area contributed by atoms with Gasteiger partial charge in [-0.15, -0.1) is 10.2 Å². The summed E-state index contributed by atoms with van der Waals surface area (Å²) in [6.07, 6.45) is 2.02. The van der Waals surface area contributed by atoms with Crippen molar-refractivity contribution in [3.63, 3.8) is 0 Å². The van der Waals surface area contributed by atoms with Crippen LogP contribution in [0.15, 0.2) is 71.3 Å². The maximum atomic E-state index is 12.8. The smallest absolute Gasteiger partial charge is 0.227 e. The van der Waals surface area contributed by atoms with E-state index in [1.54, 1.807) is 6.26 Å². The number of nitrogens with zero attached hydrogens (tertiary/aromatic N) is 6. The summed E-state index contributed by atoms with van der Waals surface area (Å²) in [6, 6.07) is 19.1. The van der Waals surface area contributed by atoms with Crippen LogP contribution in [0.2, 0.25) is 5.02 Å². The molecule has 1 amide bonds. The number of aromatic nitrogens is 4. The minimum atomic E-state index is 0.134. The van der Waals surface area contributed by atoms with Crippen LogP contribution >= 0.6 is 11.6 Å². The van der Waals surface area contributed by atoms with Gasteiger partial charge in [-0.2, -0.15) is 0 Å². The summed E-state index contributed by atoms with van der Waals surface area (Å²) in [5.74, 6) is 2.04. The SMILES string of the molecule is O=C(Cc1ccccc1)N1CCN(c2nc3cc(Cl)ccc3c3nnc(-c4ccco4)n23)CC1. The monoisotopic (exact) mass is 472 g/mol. The van der Waals surface area contributed by atoms with Crippen molar-refractivity contribution in [3.8, 4) is 11.6 Å². The van der Waals surface area contributed by atoms with Gasteiger partial charge in [0.25, 0.3) is 0 Å². The molecule has 170 valence electrons. The van der Waals surface area contributed by atoms with Crippen LogP contribution in [0.3, 0.4) is 0 Å². The molecule has 6 rings (SSSR count). The average molecular weight is 473 g/mol. The van der Waals surface area contributed by atoms with E-state index in [0.717, 1.165) is 16.5 Å². The van der Waals surface area contributed by atoms with Crippen molar-refractivity contribution in [1.82, 2.24) is 24.5 Å². The molecule has 0 aliphatic carbocycles. The molecule has 5 aromatic rings. The summed E-state index contributed by atoms with van der Waals surface area (Å²) >= 11 is 6.26. The summed E-state index contributed by atoms with van der Waals surface area (Å²) in [5.41, 5.74) is 2.46. The second-order valence-electron chi connectivity index (χ2n) is 8.26. The van der Waals surface area contributed by atoms with Crippen molar-refractivity contribution in [3.05, 3.63) is 77.5 Å². The summed E-state index contributed by atoms with van der Waals surface area (Å²) in [4.78, 5) is 21.9. The molecule has 0 N–H and O–H groups in total. The number of piperazine rings is 1. The lowest BCUT2D eigenvalue weighted by atomic mass is 10.1. The molecule has 4 heterocycles. The van der Waals surface area contributed by atoms with Crippen LogP contribution in [0, 0.1) is 0 Å². The predicted octanol–water partition coefficient (Wildman–Crippen LogP) is 4.08. The van der Waals surface area contributed by atoms with Crippen LogP contribution in [-0.2, 0) is 11.2 Å². The molecule has 3 aromatic heterocycles. The molecule has 0 spiro atoms. The number of carbonyl (C=O) groups is 1. The van der Waals surface area contributed by atoms with Crippen LogP contribution in [0.1, 0.15) is 5.56 Å². The molecule has 0 bridgehead atoms. The maximum absolute atomic E-state index is 12.8. The molecule has 1 aliphatic rings. The topological polar surface area (TPSA) is 79.8 Å². The number of amides is 1. The average Bonchev–Trinajstić information content (AvgIpc) is 3.54. The Kier molecular flexibility index (Phi) is 5.15. The molecule has 0 radical (unpaired) electrons. The number of anilines is 1. The second-order valence-corrected chi connectivity index (χ2v) is 8.70. The highest BCUT2D eigenvalue weighted by Gasteiger charge is 2.26. The Morgan fingerprint density at radius 2 is 1.79 bits per heavy atom. The fourth-order valence-electron chi connectivity index (χ4n) is 4.41. The van der Waals surface area contributed by atoms with E-state index in [2.05, 4.69) is 15.1 Å². The summed E-state index contributed by atoms with van der Waals surface area (Å²) in [5, 5.41) is 10.3. The molecule has 1 fully saturated rings. The molecule has 2 aromatic carbocycles. The predicted molar refractivity (Wildman–Crippen MR) is 130 cm³/mol. The summed E-state index contributed by atoms with van der Waals surface area (Å²) < 4.78 is 7.55. The highest BCUT2D eigenvalue weighted by molar-refractivity contribution is 6.31. The Morgan fingerprint density at radius 3 is 2.56 bits per heavy atom. The van der Waals surface area contributed by atoms with Crippen molar-refractivity contribution in [2.75, 3.05) is 31.1 Å². The van der Waals surface area contributed by atoms with E-state index in [-0.39, 0.29) is 5.91 Å². The fourth-order valence-corrected chi connectivity index (χ4v) is 4.57. The van der Waals surface area contributed by atoms with Gasteiger partial charge in [-0.3, -0.25) is 4.79 Å². The quantitative estimate of drug-likeness (QED) is 0.392. The first-order valence-corrected chi connectivity index (χ1v) is 11.5. The first-order valence-electron chi connectivity index (χ1n) is 11.1. The third kappa shape index (κ3) is 3.66. The number of fused-ring (bicyclic) bond motifs is 3. The van der Waals surface area contributed by atoms with Crippen molar-refractivity contribution in [2.24, 2.45) is 0 Å². The lowest BCUT2D eigenvalue weighted by Gasteiger charge is -2.35. The van der Waals surface area contributed by atoms with Gasteiger partial charge in [0.05, 0.1) is 18.2 Å². The van der Waals surface area contributed by atoms with Crippen molar-refractivity contribution < 1.29 is 9.21 Å². The van der Waals surface area contributed by atoms with E-state index in [0.29, 0.717) is 60.8 Å². The standard InChI is InChI=1S/C25H21ClN6O2/c26-18-8-9-19-20(16-18)27-25(32-23(19)28-29-24(32)21-7-4-14-34-21)31-12-10-30(11-13-31)22(33)15-17-5-2-1-3-6-17/h1-9,14,16H,10-13,15H2. The van der Waals surface area contributed by atoms with Gasteiger partial charge < -0.3 is 14.2 Å². The van der Waals surface area contributed by atoms with Crippen LogP contribution in [0.5, 0.6) is 0 Å². The third-order valence-corrected chi connectivity index (χ3v) is 6.37. The maximum Gasteiger partial charge on any atom is 0.227 e. The molecule has 1 aliphatic heterocycles. The molecular formula is C25H21ClN6O2. The van der Waals surface area contributed by atoms with Gasteiger partial charge in [-0.05, 0) is 35.9 Å². The van der Waals surface area contributed by atoms with Gasteiger partial charge in [0.2, 0.25) is 17.7 Å². The first-order chi connectivity index (χ1) is 16.7. The van der Waals surface area contributed by atoms with Crippen molar-refractivity contribution >= 4 is 40.0 Å². The molecule has 9 heteroatoms. The second kappa shape index (κ2) is 8.46. The number of rotatable bonds is 4. The highest BCUT2D eigenvalue weighted by Crippen LogP contribution is 2.30. The zero-order chi connectivity index (χ0) is 23.1. The highest BCUT2D eigenvalue weighted by atomic mass is 35.5. The van der Waals surface area contributed by atoms with Gasteiger partial charge in [-0.1, -0.05) is 41.9 Å². The van der Waals surface area contributed by atoms with Crippen LogP contribution < -0.4 is 4.90 Å². The minimum absolute atomic E-state index is 0.134. The normalized spacial score (nSPS) is 14.3. The summed E-state index contributed by atoms with van der Waals surface area (Å²) in [6.45, 7) is 2.51.